The summed E-state index contributed by atoms with van der Waals surface area (Å²) >= 11 is 0. The van der Waals surface area contributed by atoms with Crippen LogP contribution in [0, 0.1) is 0 Å². The van der Waals surface area contributed by atoms with Crippen LogP contribution in [0.3, 0.4) is 0 Å². The monoisotopic (exact) mass is 392 g/mol. The van der Waals surface area contributed by atoms with Crippen LogP contribution in [0.15, 0.2) is 48.5 Å². The molecule has 0 aliphatic rings. The van der Waals surface area contributed by atoms with Gasteiger partial charge in [-0.05, 0) is 47.2 Å². The Bertz CT molecular complexity index is 739. The summed E-state index contributed by atoms with van der Waals surface area (Å²) in [6.07, 6.45) is 0. The van der Waals surface area contributed by atoms with Crippen LogP contribution in [0.2, 0.25) is 0 Å². The Hall–Kier alpha value is -2.30. The van der Waals surface area contributed by atoms with Crippen molar-refractivity contribution in [1.29, 1.82) is 0 Å². The molecule has 2 aromatic rings. The Kier molecular flexibility index (Phi) is 7.05. The lowest BCUT2D eigenvalue weighted by molar-refractivity contribution is -0.218. The molecular formula is C20H25O6P. The molecule has 2 rings (SSSR count). The van der Waals surface area contributed by atoms with E-state index in [9.17, 15) is 9.36 Å². The van der Waals surface area contributed by atoms with Crippen LogP contribution < -0.4 is 9.05 Å². The second-order valence-corrected chi connectivity index (χ2v) is 8.14. The summed E-state index contributed by atoms with van der Waals surface area (Å²) in [5, 5.41) is 0. The molecule has 0 radical (unpaired) electrons. The fraction of sp³-hybridized carbons (Fsp3) is 0.350. The van der Waals surface area contributed by atoms with Crippen molar-refractivity contribution in [2.75, 3.05) is 0 Å². The van der Waals surface area contributed by atoms with E-state index in [1.807, 2.05) is 24.3 Å². The Balaban J connectivity index is 2.20. The highest BCUT2D eigenvalue weighted by molar-refractivity contribution is 7.49. The van der Waals surface area contributed by atoms with E-state index in [1.54, 1.807) is 24.3 Å². The topological polar surface area (TPSA) is 71.1 Å². The smallest absolute Gasteiger partial charge is 0.393 e. The van der Waals surface area contributed by atoms with Gasteiger partial charge in [-0.15, -0.1) is 0 Å². The van der Waals surface area contributed by atoms with Crippen molar-refractivity contribution in [2.45, 2.75) is 46.5 Å². The van der Waals surface area contributed by atoms with Gasteiger partial charge >= 0.3 is 13.8 Å². The average Bonchev–Trinajstić information content (AvgIpc) is 2.61. The zero-order valence-corrected chi connectivity index (χ0v) is 17.1. The van der Waals surface area contributed by atoms with Gasteiger partial charge in [0.2, 0.25) is 0 Å². The average molecular weight is 392 g/mol. The van der Waals surface area contributed by atoms with Gasteiger partial charge < -0.3 is 9.05 Å². The number of carbonyl (C=O) groups is 1. The van der Waals surface area contributed by atoms with Gasteiger partial charge in [-0.25, -0.2) is 9.36 Å². The zero-order chi connectivity index (χ0) is 20.0. The number of hydrogen-bond donors (Lipinski definition) is 0. The molecule has 0 heterocycles. The second kappa shape index (κ2) is 9.07. The summed E-state index contributed by atoms with van der Waals surface area (Å²) in [4.78, 5) is 15.5. The predicted octanol–water partition coefficient (Wildman–Crippen LogP) is 5.99. The maximum absolute atomic E-state index is 13.0. The molecule has 0 spiro atoms. The number of carbonyl (C=O) groups excluding carboxylic acids is 1. The molecule has 0 aliphatic carbocycles. The number of phosphoric acid groups is 1. The third-order valence-corrected chi connectivity index (χ3v) is 4.90. The van der Waals surface area contributed by atoms with E-state index >= 15 is 0 Å². The maximum atomic E-state index is 13.0. The first kappa shape index (κ1) is 21.0. The first-order chi connectivity index (χ1) is 12.7. The van der Waals surface area contributed by atoms with E-state index in [2.05, 4.69) is 32.6 Å². The molecule has 0 aliphatic heterocycles. The van der Waals surface area contributed by atoms with Gasteiger partial charge in [0, 0.05) is 6.92 Å². The van der Waals surface area contributed by atoms with Crippen LogP contribution in [-0.4, -0.2) is 5.97 Å². The number of phosphoric ester groups is 1. The van der Waals surface area contributed by atoms with Crippen molar-refractivity contribution >= 4 is 13.8 Å². The number of rotatable bonds is 8. The molecule has 6 nitrogen and oxygen atoms in total. The highest BCUT2D eigenvalue weighted by atomic mass is 31.2. The molecule has 0 amide bonds. The minimum Gasteiger partial charge on any atom is -0.393 e. The van der Waals surface area contributed by atoms with Crippen LogP contribution in [0.4, 0.5) is 0 Å². The van der Waals surface area contributed by atoms with E-state index < -0.39 is 13.8 Å². The van der Waals surface area contributed by atoms with Gasteiger partial charge in [-0.3, -0.25) is 4.89 Å². The molecule has 0 saturated heterocycles. The Morgan fingerprint density at radius 2 is 1.15 bits per heavy atom. The van der Waals surface area contributed by atoms with E-state index in [-0.39, 0.29) is 11.5 Å². The fourth-order valence-corrected chi connectivity index (χ4v) is 3.29. The highest BCUT2D eigenvalue weighted by Gasteiger charge is 2.34. The summed E-state index contributed by atoms with van der Waals surface area (Å²) in [6, 6.07) is 14.0. The van der Waals surface area contributed by atoms with Crippen LogP contribution in [0.1, 0.15) is 57.6 Å². The third kappa shape index (κ3) is 6.42. The van der Waals surface area contributed by atoms with Gasteiger partial charge in [-0.1, -0.05) is 56.6 Å². The summed E-state index contributed by atoms with van der Waals surface area (Å²) in [7, 11) is -4.24. The van der Waals surface area contributed by atoms with Crippen LogP contribution in [0.5, 0.6) is 11.5 Å². The molecule has 2 aromatic carbocycles. The van der Waals surface area contributed by atoms with Gasteiger partial charge in [0.15, 0.2) is 0 Å². The normalized spacial score (nSPS) is 11.5. The molecule has 0 saturated carbocycles. The molecule has 7 heteroatoms. The fourth-order valence-electron chi connectivity index (χ4n) is 2.23. The SMILES string of the molecule is CC(=O)OOP(=O)(Oc1ccc(C(C)C)cc1)Oc1ccc(C(C)C)cc1. The number of benzene rings is 2. The van der Waals surface area contributed by atoms with Gasteiger partial charge in [-0.2, -0.15) is 0 Å². The van der Waals surface area contributed by atoms with Crippen molar-refractivity contribution in [2.24, 2.45) is 0 Å². The van der Waals surface area contributed by atoms with Crippen LogP contribution in [0.25, 0.3) is 0 Å². The van der Waals surface area contributed by atoms with E-state index in [4.69, 9.17) is 13.7 Å². The molecule has 0 N–H and O–H groups in total. The van der Waals surface area contributed by atoms with E-state index in [0.717, 1.165) is 18.1 Å². The van der Waals surface area contributed by atoms with Crippen LogP contribution in [-0.2, 0) is 18.9 Å². The molecule has 27 heavy (non-hydrogen) atoms. The third-order valence-electron chi connectivity index (χ3n) is 3.77. The first-order valence-corrected chi connectivity index (χ1v) is 10.2. The predicted molar refractivity (Wildman–Crippen MR) is 103 cm³/mol. The molecule has 0 bridgehead atoms. The van der Waals surface area contributed by atoms with E-state index in [0.29, 0.717) is 11.8 Å². The summed E-state index contributed by atoms with van der Waals surface area (Å²) in [6.45, 7) is 9.38. The Morgan fingerprint density at radius 3 is 1.44 bits per heavy atom. The van der Waals surface area contributed by atoms with Crippen molar-refractivity contribution in [3.8, 4) is 11.5 Å². The molecule has 0 unspecified atom stereocenters. The van der Waals surface area contributed by atoms with Crippen molar-refractivity contribution in [1.82, 2.24) is 0 Å². The minimum absolute atomic E-state index is 0.272. The Labute approximate surface area is 160 Å². The molecular weight excluding hydrogens is 367 g/mol. The maximum Gasteiger partial charge on any atom is 0.625 e. The zero-order valence-electron chi connectivity index (χ0n) is 16.2. The molecule has 0 atom stereocenters. The Morgan fingerprint density at radius 1 is 0.778 bits per heavy atom. The minimum atomic E-state index is -4.24. The van der Waals surface area contributed by atoms with Crippen molar-refractivity contribution < 1.29 is 28.0 Å². The summed E-state index contributed by atoms with van der Waals surface area (Å²) in [5.41, 5.74) is 2.20. The number of hydrogen-bond acceptors (Lipinski definition) is 6. The lowest BCUT2D eigenvalue weighted by Gasteiger charge is -2.18. The second-order valence-electron chi connectivity index (χ2n) is 6.73. The molecule has 146 valence electrons. The van der Waals surface area contributed by atoms with Gasteiger partial charge in [0.25, 0.3) is 0 Å². The lowest BCUT2D eigenvalue weighted by Crippen LogP contribution is -2.08. The standard InChI is InChI=1S/C20H25O6P/c1-14(2)17-6-10-19(11-7-17)24-27(22,26-23-16(5)21)25-20-12-8-18(9-13-20)15(3)4/h6-15H,1-5H3. The first-order valence-electron chi connectivity index (χ1n) is 8.74. The van der Waals surface area contributed by atoms with Crippen LogP contribution >= 0.6 is 7.82 Å². The largest absolute Gasteiger partial charge is 0.625 e. The lowest BCUT2D eigenvalue weighted by atomic mass is 10.0. The van der Waals surface area contributed by atoms with Crippen molar-refractivity contribution in [3.05, 3.63) is 59.7 Å². The van der Waals surface area contributed by atoms with E-state index in [1.165, 1.54) is 0 Å². The quantitative estimate of drug-likeness (QED) is 0.312. The highest BCUT2D eigenvalue weighted by Crippen LogP contribution is 2.50. The molecule has 0 fully saturated rings. The van der Waals surface area contributed by atoms with Gasteiger partial charge in [0.05, 0.1) is 0 Å². The summed E-state index contributed by atoms with van der Waals surface area (Å²) in [5.74, 6) is 0.466. The summed E-state index contributed by atoms with van der Waals surface area (Å²) < 4.78 is 28.5. The van der Waals surface area contributed by atoms with Crippen molar-refractivity contribution in [3.63, 3.8) is 0 Å². The van der Waals surface area contributed by atoms with Gasteiger partial charge in [0.1, 0.15) is 11.5 Å². The molecule has 0 aromatic heterocycles.